The van der Waals surface area contributed by atoms with Crippen LogP contribution in [0.5, 0.6) is 23.0 Å². The third kappa shape index (κ3) is 6.24. The van der Waals surface area contributed by atoms with Crippen LogP contribution in [0.25, 0.3) is 0 Å². The highest BCUT2D eigenvalue weighted by molar-refractivity contribution is 5.97. The van der Waals surface area contributed by atoms with Gasteiger partial charge in [-0.15, -0.1) is 0 Å². The van der Waals surface area contributed by atoms with Crippen molar-refractivity contribution in [3.8, 4) is 23.0 Å². The number of ketones is 1. The van der Waals surface area contributed by atoms with Crippen molar-refractivity contribution < 1.29 is 28.9 Å². The van der Waals surface area contributed by atoms with E-state index >= 15 is 0 Å². The first-order valence-electron chi connectivity index (χ1n) is 9.80. The van der Waals surface area contributed by atoms with Crippen LogP contribution in [0.4, 0.5) is 0 Å². The number of hydrogen-bond acceptors (Lipinski definition) is 6. The summed E-state index contributed by atoms with van der Waals surface area (Å²) in [7, 11) is 0. The molecule has 6 heteroatoms. The molecule has 2 aromatic carbocycles. The lowest BCUT2D eigenvalue weighted by molar-refractivity contribution is -0.120. The van der Waals surface area contributed by atoms with Crippen LogP contribution in [0.15, 0.2) is 30.3 Å². The zero-order chi connectivity index (χ0) is 21.2. The molecule has 0 radical (unpaired) electrons. The molecule has 0 bridgehead atoms. The average molecular weight is 400 g/mol. The van der Waals surface area contributed by atoms with Gasteiger partial charge in [-0.05, 0) is 69.0 Å². The van der Waals surface area contributed by atoms with Gasteiger partial charge in [-0.3, -0.25) is 9.59 Å². The maximum Gasteiger partial charge on any atom is 0.298 e. The van der Waals surface area contributed by atoms with Gasteiger partial charge in [-0.1, -0.05) is 13.3 Å². The Morgan fingerprint density at radius 1 is 1.07 bits per heavy atom. The van der Waals surface area contributed by atoms with Gasteiger partial charge in [0.1, 0.15) is 23.0 Å². The van der Waals surface area contributed by atoms with E-state index in [2.05, 4.69) is 0 Å². The smallest absolute Gasteiger partial charge is 0.298 e. The van der Waals surface area contributed by atoms with Crippen LogP contribution in [0, 0.1) is 6.92 Å². The zero-order valence-electron chi connectivity index (χ0n) is 17.2. The third-order valence-electron chi connectivity index (χ3n) is 4.50. The van der Waals surface area contributed by atoms with E-state index in [0.717, 1.165) is 30.6 Å². The number of phenolic OH excluding ortho intramolecular Hbond substituents is 1. The molecule has 156 valence electrons. The summed E-state index contributed by atoms with van der Waals surface area (Å²) >= 11 is 0. The number of phenols is 1. The Kier molecular flexibility index (Phi) is 8.52. The molecule has 0 aliphatic heterocycles. The van der Waals surface area contributed by atoms with E-state index in [4.69, 9.17) is 14.2 Å². The number of aryl methyl sites for hydroxylation is 1. The molecule has 0 amide bonds. The number of unbranched alkanes of at least 4 members (excludes halogenated alkanes) is 1. The van der Waals surface area contributed by atoms with Crippen molar-refractivity contribution in [1.29, 1.82) is 0 Å². The lowest BCUT2D eigenvalue weighted by Gasteiger charge is -2.15. The molecule has 0 unspecified atom stereocenters. The molecule has 0 spiro atoms. The maximum absolute atomic E-state index is 11.6. The molecule has 0 fully saturated rings. The molecule has 6 nitrogen and oxygen atoms in total. The summed E-state index contributed by atoms with van der Waals surface area (Å²) in [5.41, 5.74) is 1.91. The van der Waals surface area contributed by atoms with Gasteiger partial charge in [0.25, 0.3) is 6.47 Å². The van der Waals surface area contributed by atoms with Crippen molar-refractivity contribution in [3.05, 3.63) is 47.0 Å². The minimum absolute atomic E-state index is 0.0256. The fourth-order valence-electron chi connectivity index (χ4n) is 3.01. The molecular formula is C23H28O6. The van der Waals surface area contributed by atoms with E-state index in [0.29, 0.717) is 48.7 Å². The third-order valence-corrected chi connectivity index (χ3v) is 4.50. The van der Waals surface area contributed by atoms with Crippen molar-refractivity contribution in [1.82, 2.24) is 0 Å². The van der Waals surface area contributed by atoms with E-state index in [1.54, 1.807) is 30.3 Å². The first-order valence-corrected chi connectivity index (χ1v) is 9.80. The van der Waals surface area contributed by atoms with Crippen LogP contribution in [0.2, 0.25) is 0 Å². The number of hydrogen-bond donors (Lipinski definition) is 1. The maximum atomic E-state index is 11.6. The van der Waals surface area contributed by atoms with Crippen LogP contribution >= 0.6 is 0 Å². The summed E-state index contributed by atoms with van der Waals surface area (Å²) in [6.45, 7) is 6.77. The van der Waals surface area contributed by atoms with Crippen LogP contribution in [-0.4, -0.2) is 30.6 Å². The molecule has 0 heterocycles. The molecule has 0 aromatic heterocycles. The largest absolute Gasteiger partial charge is 0.507 e. The summed E-state index contributed by atoms with van der Waals surface area (Å²) in [4.78, 5) is 22.0. The van der Waals surface area contributed by atoms with E-state index in [1.807, 2.05) is 13.8 Å². The molecule has 0 atom stereocenters. The highest BCUT2D eigenvalue weighted by atomic mass is 16.5. The van der Waals surface area contributed by atoms with Crippen molar-refractivity contribution in [3.63, 3.8) is 0 Å². The highest BCUT2D eigenvalue weighted by Gasteiger charge is 2.15. The predicted molar refractivity (Wildman–Crippen MR) is 110 cm³/mol. The summed E-state index contributed by atoms with van der Waals surface area (Å²) in [6, 6.07) is 8.58. The van der Waals surface area contributed by atoms with Crippen molar-refractivity contribution in [2.75, 3.05) is 13.2 Å². The first-order chi connectivity index (χ1) is 14.0. The van der Waals surface area contributed by atoms with Gasteiger partial charge in [0.15, 0.2) is 5.78 Å². The number of ether oxygens (including phenoxy) is 3. The molecule has 0 saturated heterocycles. The molecule has 0 aliphatic carbocycles. The lowest BCUT2D eigenvalue weighted by Crippen LogP contribution is -2.06. The monoisotopic (exact) mass is 400 g/mol. The number of rotatable bonds is 12. The van der Waals surface area contributed by atoms with Crippen molar-refractivity contribution >= 4 is 12.3 Å². The summed E-state index contributed by atoms with van der Waals surface area (Å²) in [5.74, 6) is 1.72. The zero-order valence-corrected chi connectivity index (χ0v) is 17.2. The molecule has 0 aliphatic rings. The molecule has 0 saturated carbocycles. The standard InChI is InChI=1S/C23H28O6/c1-4-7-20-22(11-9-19(17(3)25)23(20)26)28-13-6-5-12-27-21-10-8-18(29-15-24)14-16(21)2/h8-11,14-15,26H,4-7,12-13H2,1-3H3. The number of benzene rings is 2. The predicted octanol–water partition coefficient (Wildman–Crippen LogP) is 4.63. The summed E-state index contributed by atoms with van der Waals surface area (Å²) in [5, 5.41) is 10.4. The first kappa shape index (κ1) is 22.3. The highest BCUT2D eigenvalue weighted by Crippen LogP contribution is 2.33. The Balaban J connectivity index is 1.83. The van der Waals surface area contributed by atoms with Crippen molar-refractivity contribution in [2.45, 2.75) is 46.5 Å². The Bertz CT molecular complexity index is 844. The number of carbonyl (C=O) groups excluding carboxylic acids is 2. The topological polar surface area (TPSA) is 82.1 Å². The minimum atomic E-state index is -0.162. The average Bonchev–Trinajstić information content (AvgIpc) is 2.68. The second kappa shape index (κ2) is 11.1. The van der Waals surface area contributed by atoms with Crippen LogP contribution in [0.1, 0.15) is 54.6 Å². The molecule has 29 heavy (non-hydrogen) atoms. The fraction of sp³-hybridized carbons (Fsp3) is 0.391. The van der Waals surface area contributed by atoms with Gasteiger partial charge in [0.05, 0.1) is 18.8 Å². The molecule has 2 rings (SSSR count). The number of aromatic hydroxyl groups is 1. The quantitative estimate of drug-likeness (QED) is 0.318. The Morgan fingerprint density at radius 2 is 1.72 bits per heavy atom. The van der Waals surface area contributed by atoms with Gasteiger partial charge in [0, 0.05) is 5.56 Å². The normalized spacial score (nSPS) is 10.4. The molecule has 2 aromatic rings. The fourth-order valence-corrected chi connectivity index (χ4v) is 3.01. The second-order valence-electron chi connectivity index (χ2n) is 6.79. The van der Waals surface area contributed by atoms with E-state index in [-0.39, 0.29) is 11.5 Å². The Labute approximate surface area is 171 Å². The van der Waals surface area contributed by atoms with Gasteiger partial charge in [-0.25, -0.2) is 0 Å². The number of Topliss-reactive ketones (excluding diaryl/α,β-unsaturated/α-hetero) is 1. The van der Waals surface area contributed by atoms with Gasteiger partial charge < -0.3 is 19.3 Å². The lowest BCUT2D eigenvalue weighted by atomic mass is 10.0. The Hall–Kier alpha value is -3.02. The summed E-state index contributed by atoms with van der Waals surface area (Å²) in [6.07, 6.45) is 3.07. The van der Waals surface area contributed by atoms with Gasteiger partial charge >= 0.3 is 0 Å². The molecule has 1 N–H and O–H groups in total. The van der Waals surface area contributed by atoms with E-state index in [9.17, 15) is 14.7 Å². The SMILES string of the molecule is CCCc1c(OCCCCOc2ccc(OC=O)cc2C)ccc(C(C)=O)c1O. The van der Waals surface area contributed by atoms with E-state index < -0.39 is 0 Å². The Morgan fingerprint density at radius 3 is 2.31 bits per heavy atom. The summed E-state index contributed by atoms with van der Waals surface area (Å²) < 4.78 is 16.4. The number of carbonyl (C=O) groups is 2. The van der Waals surface area contributed by atoms with Crippen molar-refractivity contribution in [2.24, 2.45) is 0 Å². The van der Waals surface area contributed by atoms with E-state index in [1.165, 1.54) is 6.92 Å². The van der Waals surface area contributed by atoms with Crippen LogP contribution in [-0.2, 0) is 11.2 Å². The van der Waals surface area contributed by atoms with Crippen LogP contribution < -0.4 is 14.2 Å². The second-order valence-corrected chi connectivity index (χ2v) is 6.79. The van der Waals surface area contributed by atoms with Crippen LogP contribution in [0.3, 0.4) is 0 Å². The van der Waals surface area contributed by atoms with Gasteiger partial charge in [0.2, 0.25) is 0 Å². The molecular weight excluding hydrogens is 372 g/mol. The van der Waals surface area contributed by atoms with Gasteiger partial charge in [-0.2, -0.15) is 0 Å². The minimum Gasteiger partial charge on any atom is -0.507 e.